The molecule has 0 amide bonds. The van der Waals surface area contributed by atoms with Gasteiger partial charge in [0, 0.05) is 18.8 Å². The Hall–Kier alpha value is -1.61. The van der Waals surface area contributed by atoms with Gasteiger partial charge < -0.3 is 18.5 Å². The van der Waals surface area contributed by atoms with Crippen LogP contribution < -0.4 is 9.64 Å². The summed E-state index contributed by atoms with van der Waals surface area (Å²) in [6, 6.07) is 18.7. The second kappa shape index (κ2) is 12.1. The van der Waals surface area contributed by atoms with E-state index in [2.05, 4.69) is 109 Å². The van der Waals surface area contributed by atoms with Gasteiger partial charge in [-0.15, -0.1) is 0 Å². The van der Waals surface area contributed by atoms with Crippen molar-refractivity contribution in [1.82, 2.24) is 0 Å². The van der Waals surface area contributed by atoms with Gasteiger partial charge in [-0.1, -0.05) is 71.9 Å². The number of hydrogen-bond acceptors (Lipinski definition) is 4. The highest BCUT2D eigenvalue weighted by Crippen LogP contribution is 2.37. The maximum atomic E-state index is 6.50. The highest BCUT2D eigenvalue weighted by atomic mass is 28.4. The Morgan fingerprint density at radius 1 is 0.657 bits per heavy atom. The molecule has 6 heteroatoms. The summed E-state index contributed by atoms with van der Waals surface area (Å²) in [6.45, 7) is 26.7. The number of anilines is 1. The van der Waals surface area contributed by atoms with E-state index in [1.807, 2.05) is 18.2 Å². The van der Waals surface area contributed by atoms with Gasteiger partial charge in [-0.05, 0) is 66.1 Å². The van der Waals surface area contributed by atoms with Crippen LogP contribution in [0.1, 0.15) is 47.1 Å². The Morgan fingerprint density at radius 2 is 1.11 bits per heavy atom. The maximum absolute atomic E-state index is 6.50. The average Bonchev–Trinajstić information content (AvgIpc) is 2.76. The van der Waals surface area contributed by atoms with Crippen molar-refractivity contribution in [2.24, 2.45) is 0 Å². The lowest BCUT2D eigenvalue weighted by Crippen LogP contribution is -2.44. The third-order valence-electron chi connectivity index (χ3n) is 7.71. The molecule has 0 aliphatic carbocycles. The zero-order valence-corrected chi connectivity index (χ0v) is 25.9. The molecule has 35 heavy (non-hydrogen) atoms. The lowest BCUT2D eigenvalue weighted by Gasteiger charge is -2.38. The largest absolute Gasteiger partial charge is 0.489 e. The number of benzene rings is 2. The van der Waals surface area contributed by atoms with Gasteiger partial charge in [0.2, 0.25) is 0 Å². The molecule has 0 spiro atoms. The summed E-state index contributed by atoms with van der Waals surface area (Å²) < 4.78 is 19.0. The number of ether oxygens (including phenoxy) is 1. The molecule has 0 heterocycles. The van der Waals surface area contributed by atoms with E-state index in [1.165, 1.54) is 11.3 Å². The lowest BCUT2D eigenvalue weighted by molar-refractivity contribution is 0.276. The van der Waals surface area contributed by atoms with Crippen molar-refractivity contribution in [3.63, 3.8) is 0 Å². The van der Waals surface area contributed by atoms with E-state index < -0.39 is 16.6 Å². The Morgan fingerprint density at radius 3 is 1.54 bits per heavy atom. The Bertz CT molecular complexity index is 853. The summed E-state index contributed by atoms with van der Waals surface area (Å²) in [5.74, 6) is 0.882. The van der Waals surface area contributed by atoms with Gasteiger partial charge in [-0.3, -0.25) is 0 Å². The molecule has 4 nitrogen and oxygen atoms in total. The van der Waals surface area contributed by atoms with E-state index in [-0.39, 0.29) is 10.1 Å². The molecule has 0 unspecified atom stereocenters. The van der Waals surface area contributed by atoms with Crippen LogP contribution in [0.15, 0.2) is 54.6 Å². The minimum atomic E-state index is -1.78. The van der Waals surface area contributed by atoms with Gasteiger partial charge in [0.15, 0.2) is 16.6 Å². The van der Waals surface area contributed by atoms with Crippen molar-refractivity contribution >= 4 is 22.3 Å². The quantitative estimate of drug-likeness (QED) is 0.267. The average molecular weight is 516 g/mol. The molecule has 0 saturated carbocycles. The van der Waals surface area contributed by atoms with E-state index in [4.69, 9.17) is 13.6 Å². The summed E-state index contributed by atoms with van der Waals surface area (Å²) in [5.41, 5.74) is 2.35. The topological polar surface area (TPSA) is 30.9 Å². The van der Waals surface area contributed by atoms with E-state index >= 15 is 0 Å². The van der Waals surface area contributed by atoms with Crippen LogP contribution in [0.25, 0.3) is 0 Å². The van der Waals surface area contributed by atoms with Crippen molar-refractivity contribution < 1.29 is 13.6 Å². The molecule has 0 atom stereocenters. The molecule has 0 radical (unpaired) electrons. The Labute approximate surface area is 217 Å². The van der Waals surface area contributed by atoms with Gasteiger partial charge >= 0.3 is 0 Å². The molecule has 0 saturated heterocycles. The van der Waals surface area contributed by atoms with Gasteiger partial charge in [-0.2, -0.15) is 0 Å². The minimum Gasteiger partial charge on any atom is -0.489 e. The molecular formula is C29H49NO3Si2. The number of rotatable bonds is 12. The van der Waals surface area contributed by atoms with Crippen LogP contribution in [0.2, 0.25) is 36.3 Å². The van der Waals surface area contributed by atoms with E-state index in [1.54, 1.807) is 0 Å². The number of nitrogens with zero attached hydrogens (tertiary/aromatic N) is 1. The summed E-state index contributed by atoms with van der Waals surface area (Å²) in [6.07, 6.45) is 0. The maximum Gasteiger partial charge on any atom is 0.192 e. The summed E-state index contributed by atoms with van der Waals surface area (Å²) >= 11 is 0. The summed E-state index contributed by atoms with van der Waals surface area (Å²) in [5, 5.41) is 0.419. The van der Waals surface area contributed by atoms with E-state index in [0.717, 1.165) is 32.1 Å². The standard InChI is InChI=1S/C29H49NO3Si2/c1-28(2,3)34(7,8)32-22-20-30(21-23-33-35(9,10)29(4,5)6)26-16-18-27(19-17-26)31-24-25-14-12-11-13-15-25/h11-19H,20-24H2,1-10H3. The fourth-order valence-corrected chi connectivity index (χ4v) is 5.19. The molecule has 2 aromatic carbocycles. The first kappa shape index (κ1) is 29.6. The van der Waals surface area contributed by atoms with Crippen molar-refractivity contribution in [3.05, 3.63) is 60.2 Å². The molecule has 0 fully saturated rings. The number of hydrogen-bond donors (Lipinski definition) is 0. The van der Waals surface area contributed by atoms with E-state index in [0.29, 0.717) is 6.61 Å². The Balaban J connectivity index is 2.05. The zero-order chi connectivity index (χ0) is 26.3. The van der Waals surface area contributed by atoms with Crippen LogP contribution >= 0.6 is 0 Å². The van der Waals surface area contributed by atoms with Crippen molar-refractivity contribution in [2.75, 3.05) is 31.2 Å². The minimum absolute atomic E-state index is 0.209. The van der Waals surface area contributed by atoms with Gasteiger partial charge in [0.1, 0.15) is 12.4 Å². The molecule has 0 aliphatic heterocycles. The summed E-state index contributed by atoms with van der Waals surface area (Å²) in [4.78, 5) is 2.39. The third kappa shape index (κ3) is 9.08. The van der Waals surface area contributed by atoms with Crippen molar-refractivity contribution in [2.45, 2.75) is 84.4 Å². The Kier molecular flexibility index (Phi) is 10.2. The molecule has 2 rings (SSSR count). The van der Waals surface area contributed by atoms with Gasteiger partial charge in [-0.25, -0.2) is 0 Å². The highest BCUT2D eigenvalue weighted by Gasteiger charge is 2.38. The zero-order valence-electron chi connectivity index (χ0n) is 23.9. The van der Waals surface area contributed by atoms with Crippen LogP contribution in [0.5, 0.6) is 5.75 Å². The second-order valence-electron chi connectivity index (χ2n) is 12.5. The van der Waals surface area contributed by atoms with Crippen LogP contribution in [0, 0.1) is 0 Å². The fraction of sp³-hybridized carbons (Fsp3) is 0.586. The monoisotopic (exact) mass is 515 g/mol. The van der Waals surface area contributed by atoms with Crippen LogP contribution in [0.3, 0.4) is 0 Å². The van der Waals surface area contributed by atoms with Crippen LogP contribution in [-0.4, -0.2) is 42.9 Å². The van der Waals surface area contributed by atoms with Crippen molar-refractivity contribution in [3.8, 4) is 5.75 Å². The molecule has 0 aliphatic rings. The lowest BCUT2D eigenvalue weighted by atomic mass is 10.2. The summed E-state index contributed by atoms with van der Waals surface area (Å²) in [7, 11) is -3.56. The predicted octanol–water partition coefficient (Wildman–Crippen LogP) is 8.12. The first-order valence-electron chi connectivity index (χ1n) is 12.9. The van der Waals surface area contributed by atoms with Gasteiger partial charge in [0.25, 0.3) is 0 Å². The SMILES string of the molecule is CC(C)(C)[Si](C)(C)OCCN(CCO[Si](C)(C)C(C)(C)C)c1ccc(OCc2ccccc2)cc1. The molecule has 0 aromatic heterocycles. The van der Waals surface area contributed by atoms with Crippen molar-refractivity contribution in [1.29, 1.82) is 0 Å². The molecule has 0 N–H and O–H groups in total. The third-order valence-corrected chi connectivity index (χ3v) is 16.8. The molecular weight excluding hydrogens is 466 g/mol. The molecule has 2 aromatic rings. The predicted molar refractivity (Wildman–Crippen MR) is 156 cm³/mol. The molecule has 196 valence electrons. The van der Waals surface area contributed by atoms with Gasteiger partial charge in [0.05, 0.1) is 13.2 Å². The first-order valence-corrected chi connectivity index (χ1v) is 18.7. The smallest absolute Gasteiger partial charge is 0.192 e. The highest BCUT2D eigenvalue weighted by molar-refractivity contribution is 6.74. The van der Waals surface area contributed by atoms with Crippen LogP contribution in [-0.2, 0) is 15.5 Å². The normalized spacial score (nSPS) is 13.1. The van der Waals surface area contributed by atoms with E-state index in [9.17, 15) is 0 Å². The first-order chi connectivity index (χ1) is 16.1. The second-order valence-corrected chi connectivity index (χ2v) is 22.1. The van der Waals surface area contributed by atoms with Crippen LogP contribution in [0.4, 0.5) is 5.69 Å². The fourth-order valence-electron chi connectivity index (χ4n) is 3.12. The molecule has 0 bridgehead atoms.